The Hall–Kier alpha value is -1.22. The quantitative estimate of drug-likeness (QED) is 0.728. The summed E-state index contributed by atoms with van der Waals surface area (Å²) >= 11 is 0. The van der Waals surface area contributed by atoms with Gasteiger partial charge in [-0.2, -0.15) is 0 Å². The van der Waals surface area contributed by atoms with Crippen LogP contribution < -0.4 is 10.5 Å². The Morgan fingerprint density at radius 3 is 2.58 bits per heavy atom. The molecule has 0 heterocycles. The first-order valence-corrected chi connectivity index (χ1v) is 7.28. The fourth-order valence-corrected chi connectivity index (χ4v) is 2.14. The molecule has 3 heteroatoms. The molecular weight excluding hydrogens is 236 g/mol. The van der Waals surface area contributed by atoms with Crippen LogP contribution in [0.1, 0.15) is 45.6 Å². The van der Waals surface area contributed by atoms with Crippen molar-refractivity contribution in [2.24, 2.45) is 0 Å². The van der Waals surface area contributed by atoms with E-state index in [0.717, 1.165) is 24.5 Å². The summed E-state index contributed by atoms with van der Waals surface area (Å²) in [5, 5.41) is 0. The number of unbranched alkanes of at least 4 members (excludes halogenated alkanes) is 1. The van der Waals surface area contributed by atoms with E-state index >= 15 is 0 Å². The molecule has 0 bridgehead atoms. The molecule has 0 radical (unpaired) electrons. The molecule has 1 rings (SSSR count). The van der Waals surface area contributed by atoms with Crippen LogP contribution in [0, 0.1) is 0 Å². The molecule has 1 atom stereocenters. The molecule has 0 aliphatic rings. The van der Waals surface area contributed by atoms with Crippen LogP contribution in [0.3, 0.4) is 0 Å². The van der Waals surface area contributed by atoms with E-state index in [4.69, 9.17) is 10.5 Å². The van der Waals surface area contributed by atoms with Gasteiger partial charge < -0.3 is 10.5 Å². The lowest BCUT2D eigenvalue weighted by atomic mass is 10.1. The molecule has 19 heavy (non-hydrogen) atoms. The largest absolute Gasteiger partial charge is 0.497 e. The lowest BCUT2D eigenvalue weighted by Crippen LogP contribution is -2.33. The molecule has 0 aliphatic heterocycles. The smallest absolute Gasteiger partial charge is 0.120 e. The van der Waals surface area contributed by atoms with Crippen LogP contribution in [0.15, 0.2) is 18.2 Å². The number of hydrogen-bond acceptors (Lipinski definition) is 3. The molecule has 0 fully saturated rings. The molecule has 0 amide bonds. The Kier molecular flexibility index (Phi) is 6.71. The SMILES string of the molecule is CCCCN(Cc1ccc(OC)cc1N)C(C)CC. The summed E-state index contributed by atoms with van der Waals surface area (Å²) in [5.74, 6) is 0.824. The van der Waals surface area contributed by atoms with Crippen molar-refractivity contribution >= 4 is 5.69 Å². The summed E-state index contributed by atoms with van der Waals surface area (Å²) in [6.45, 7) is 8.81. The zero-order valence-corrected chi connectivity index (χ0v) is 12.8. The van der Waals surface area contributed by atoms with Gasteiger partial charge in [-0.3, -0.25) is 4.90 Å². The first-order valence-electron chi connectivity index (χ1n) is 7.28. The second-order valence-electron chi connectivity index (χ2n) is 5.15. The summed E-state index contributed by atoms with van der Waals surface area (Å²) in [5.41, 5.74) is 8.12. The van der Waals surface area contributed by atoms with Gasteiger partial charge >= 0.3 is 0 Å². The van der Waals surface area contributed by atoms with Gasteiger partial charge in [-0.05, 0) is 37.9 Å². The maximum atomic E-state index is 6.11. The monoisotopic (exact) mass is 264 g/mol. The standard InChI is InChI=1S/C16H28N2O/c1-5-7-10-18(13(3)6-2)12-14-8-9-15(19-4)11-16(14)17/h8-9,11,13H,5-7,10,12,17H2,1-4H3. The maximum Gasteiger partial charge on any atom is 0.120 e. The van der Waals surface area contributed by atoms with Gasteiger partial charge in [0.1, 0.15) is 5.75 Å². The lowest BCUT2D eigenvalue weighted by molar-refractivity contribution is 0.192. The molecular formula is C16H28N2O. The second kappa shape index (κ2) is 8.05. The highest BCUT2D eigenvalue weighted by atomic mass is 16.5. The topological polar surface area (TPSA) is 38.5 Å². The first kappa shape index (κ1) is 15.8. The van der Waals surface area contributed by atoms with Crippen molar-refractivity contribution in [3.05, 3.63) is 23.8 Å². The second-order valence-corrected chi connectivity index (χ2v) is 5.15. The predicted octanol–water partition coefficient (Wildman–Crippen LogP) is 3.68. The van der Waals surface area contributed by atoms with E-state index in [1.54, 1.807) is 7.11 Å². The number of rotatable bonds is 8. The minimum absolute atomic E-state index is 0.591. The number of nitrogens with two attached hydrogens (primary N) is 1. The molecule has 1 aromatic rings. The number of methoxy groups -OCH3 is 1. The van der Waals surface area contributed by atoms with Crippen LogP contribution >= 0.6 is 0 Å². The van der Waals surface area contributed by atoms with Gasteiger partial charge in [-0.1, -0.05) is 26.3 Å². The highest BCUT2D eigenvalue weighted by Gasteiger charge is 2.13. The van der Waals surface area contributed by atoms with Crippen molar-refractivity contribution in [1.82, 2.24) is 4.90 Å². The van der Waals surface area contributed by atoms with Gasteiger partial charge in [0.05, 0.1) is 7.11 Å². The average molecular weight is 264 g/mol. The number of ether oxygens (including phenoxy) is 1. The fraction of sp³-hybridized carbons (Fsp3) is 0.625. The van der Waals surface area contributed by atoms with Crippen molar-refractivity contribution < 1.29 is 4.74 Å². The number of nitrogens with zero attached hydrogens (tertiary/aromatic N) is 1. The Morgan fingerprint density at radius 1 is 1.32 bits per heavy atom. The van der Waals surface area contributed by atoms with Gasteiger partial charge in [0.15, 0.2) is 0 Å². The summed E-state index contributed by atoms with van der Waals surface area (Å²) in [6, 6.07) is 6.56. The fourth-order valence-electron chi connectivity index (χ4n) is 2.14. The third kappa shape index (κ3) is 4.75. The summed E-state index contributed by atoms with van der Waals surface area (Å²) in [7, 11) is 1.67. The predicted molar refractivity (Wildman–Crippen MR) is 82.5 cm³/mol. The van der Waals surface area contributed by atoms with E-state index in [1.165, 1.54) is 24.8 Å². The van der Waals surface area contributed by atoms with Crippen LogP contribution in [0.4, 0.5) is 5.69 Å². The molecule has 108 valence electrons. The van der Waals surface area contributed by atoms with Crippen molar-refractivity contribution in [1.29, 1.82) is 0 Å². The number of nitrogen functional groups attached to an aromatic ring is 1. The summed E-state index contributed by atoms with van der Waals surface area (Å²) in [4.78, 5) is 2.52. The molecule has 3 nitrogen and oxygen atoms in total. The summed E-state index contributed by atoms with van der Waals surface area (Å²) < 4.78 is 5.19. The third-order valence-corrected chi connectivity index (χ3v) is 3.74. The zero-order valence-electron chi connectivity index (χ0n) is 12.8. The minimum atomic E-state index is 0.591. The highest BCUT2D eigenvalue weighted by molar-refractivity contribution is 5.51. The number of anilines is 1. The molecule has 1 aromatic carbocycles. The first-order chi connectivity index (χ1) is 9.12. The van der Waals surface area contributed by atoms with Gasteiger partial charge in [0.2, 0.25) is 0 Å². The molecule has 0 aliphatic carbocycles. The van der Waals surface area contributed by atoms with E-state index in [2.05, 4.69) is 31.7 Å². The van der Waals surface area contributed by atoms with Crippen LogP contribution in [-0.2, 0) is 6.54 Å². The molecule has 0 aromatic heterocycles. The number of benzene rings is 1. The van der Waals surface area contributed by atoms with Gasteiger partial charge in [0.25, 0.3) is 0 Å². The van der Waals surface area contributed by atoms with E-state index in [9.17, 15) is 0 Å². The maximum absolute atomic E-state index is 6.11. The molecule has 1 unspecified atom stereocenters. The molecule has 0 saturated heterocycles. The van der Waals surface area contributed by atoms with Crippen LogP contribution in [0.25, 0.3) is 0 Å². The molecule has 0 saturated carbocycles. The van der Waals surface area contributed by atoms with Gasteiger partial charge in [-0.25, -0.2) is 0 Å². The van der Waals surface area contributed by atoms with Crippen LogP contribution in [0.2, 0.25) is 0 Å². The average Bonchev–Trinajstić information content (AvgIpc) is 2.43. The van der Waals surface area contributed by atoms with E-state index in [-0.39, 0.29) is 0 Å². The van der Waals surface area contributed by atoms with E-state index < -0.39 is 0 Å². The lowest BCUT2D eigenvalue weighted by Gasteiger charge is -2.29. The van der Waals surface area contributed by atoms with Crippen molar-refractivity contribution in [3.8, 4) is 5.75 Å². The Balaban J connectivity index is 2.77. The molecule has 2 N–H and O–H groups in total. The van der Waals surface area contributed by atoms with Crippen LogP contribution in [0.5, 0.6) is 5.75 Å². The Morgan fingerprint density at radius 2 is 2.05 bits per heavy atom. The number of hydrogen-bond donors (Lipinski definition) is 1. The molecule has 0 spiro atoms. The van der Waals surface area contributed by atoms with Gasteiger partial charge in [0, 0.05) is 24.3 Å². The minimum Gasteiger partial charge on any atom is -0.497 e. The summed E-state index contributed by atoms with van der Waals surface area (Å²) in [6.07, 6.45) is 3.63. The third-order valence-electron chi connectivity index (χ3n) is 3.74. The van der Waals surface area contributed by atoms with E-state index in [0.29, 0.717) is 6.04 Å². The van der Waals surface area contributed by atoms with Crippen molar-refractivity contribution in [3.63, 3.8) is 0 Å². The van der Waals surface area contributed by atoms with Gasteiger partial charge in [-0.15, -0.1) is 0 Å². The van der Waals surface area contributed by atoms with Crippen LogP contribution in [-0.4, -0.2) is 24.6 Å². The Labute approximate surface area is 117 Å². The van der Waals surface area contributed by atoms with E-state index in [1.807, 2.05) is 12.1 Å². The zero-order chi connectivity index (χ0) is 14.3. The van der Waals surface area contributed by atoms with Crippen molar-refractivity contribution in [2.45, 2.75) is 52.6 Å². The highest BCUT2D eigenvalue weighted by Crippen LogP contribution is 2.22. The normalized spacial score (nSPS) is 12.7. The Bertz CT molecular complexity index is 379. The van der Waals surface area contributed by atoms with Crippen molar-refractivity contribution in [2.75, 3.05) is 19.4 Å².